The maximum absolute atomic E-state index is 12.4. The van der Waals surface area contributed by atoms with Gasteiger partial charge in [-0.3, -0.25) is 4.79 Å². The molecule has 2 N–H and O–H groups in total. The summed E-state index contributed by atoms with van der Waals surface area (Å²) in [5, 5.41) is 8.62. The second-order valence-corrected chi connectivity index (χ2v) is 3.31. The number of alkyl halides is 7. The molecule has 0 fully saturated rings. The average Bonchev–Trinajstić information content (AvgIpc) is 2.14. The van der Waals surface area contributed by atoms with E-state index < -0.39 is 35.9 Å². The molecule has 0 aliphatic carbocycles. The van der Waals surface area contributed by atoms with Crippen molar-refractivity contribution in [3.05, 3.63) is 0 Å². The van der Waals surface area contributed by atoms with E-state index in [2.05, 4.69) is 0 Å². The Morgan fingerprint density at radius 2 is 1.50 bits per heavy atom. The van der Waals surface area contributed by atoms with Crippen molar-refractivity contribution in [3.8, 4) is 0 Å². The first-order valence-corrected chi connectivity index (χ1v) is 4.05. The summed E-state index contributed by atoms with van der Waals surface area (Å²) in [5.41, 5.74) is -4.09. The second kappa shape index (κ2) is 4.61. The van der Waals surface area contributed by atoms with E-state index in [9.17, 15) is 40.3 Å². The Balaban J connectivity index is 5.30. The fourth-order valence-corrected chi connectivity index (χ4v) is 0.655. The predicted molar refractivity (Wildman–Crippen MR) is 41.2 cm³/mol. The van der Waals surface area contributed by atoms with Crippen LogP contribution in [0.1, 0.15) is 6.92 Å². The van der Waals surface area contributed by atoms with Crippen LogP contribution in [0.5, 0.6) is 0 Å². The Kier molecular flexibility index (Phi) is 4.21. The quantitative estimate of drug-likeness (QED) is 0.767. The number of hydrogen-bond donors (Lipinski definition) is 2. The molecule has 0 bridgehead atoms. The van der Waals surface area contributed by atoms with Gasteiger partial charge in [0, 0.05) is 0 Å². The summed E-state index contributed by atoms with van der Waals surface area (Å²) in [4.78, 5) is 20.9. The Morgan fingerprint density at radius 1 is 1.11 bits per heavy atom. The van der Waals surface area contributed by atoms with Gasteiger partial charge in [-0.05, 0) is 6.92 Å². The van der Waals surface area contributed by atoms with Crippen molar-refractivity contribution in [2.45, 2.75) is 31.0 Å². The van der Waals surface area contributed by atoms with Crippen molar-refractivity contribution in [2.75, 3.05) is 0 Å². The van der Waals surface area contributed by atoms with Gasteiger partial charge >= 0.3 is 24.5 Å². The van der Waals surface area contributed by atoms with Crippen molar-refractivity contribution in [1.29, 1.82) is 0 Å². The number of carbonyl (C=O) groups is 2. The monoisotopic (exact) mass is 285 g/mol. The lowest BCUT2D eigenvalue weighted by Crippen LogP contribution is -2.65. The van der Waals surface area contributed by atoms with Gasteiger partial charge in [0.15, 0.2) is 0 Å². The Bertz CT molecular complexity index is 353. The number of aliphatic carboxylic acids is 1. The SMILES string of the molecule is CC(NC(=O)C(F)(F)C(F)F)(C(=O)O)C(F)(F)F. The molecule has 1 atom stereocenters. The first kappa shape index (κ1) is 16.4. The number of carboxylic acid groups (broad SMARTS) is 1. The van der Waals surface area contributed by atoms with E-state index in [1.54, 1.807) is 0 Å². The minimum atomic E-state index is -5.65. The lowest BCUT2D eigenvalue weighted by molar-refractivity contribution is -0.213. The standard InChI is InChI=1S/C7H6F7NO3/c1-5(4(17)18,7(12,13)14)15-3(16)6(10,11)2(8)9/h2H,1H3,(H,15,16)(H,17,18). The van der Waals surface area contributed by atoms with Gasteiger partial charge in [0.25, 0.3) is 5.91 Å². The molecule has 0 aromatic heterocycles. The summed E-state index contributed by atoms with van der Waals surface area (Å²) in [6, 6.07) is 0. The van der Waals surface area contributed by atoms with E-state index >= 15 is 0 Å². The molecule has 0 saturated carbocycles. The minimum Gasteiger partial charge on any atom is -0.479 e. The predicted octanol–water partition coefficient (Wildman–Crippen LogP) is 1.41. The van der Waals surface area contributed by atoms with Gasteiger partial charge in [0.05, 0.1) is 0 Å². The van der Waals surface area contributed by atoms with E-state index in [4.69, 9.17) is 5.11 Å². The Hall–Kier alpha value is -1.55. The molecule has 106 valence electrons. The van der Waals surface area contributed by atoms with Crippen LogP contribution < -0.4 is 5.32 Å². The zero-order chi connectivity index (χ0) is 14.9. The van der Waals surface area contributed by atoms with Gasteiger partial charge in [-0.15, -0.1) is 0 Å². The molecule has 0 aromatic rings. The maximum Gasteiger partial charge on any atom is 0.422 e. The van der Waals surface area contributed by atoms with Crippen LogP contribution in [0.2, 0.25) is 0 Å². The summed E-state index contributed by atoms with van der Waals surface area (Å²) in [6.45, 7) is -0.144. The molecule has 0 rings (SSSR count). The van der Waals surface area contributed by atoms with E-state index in [1.165, 1.54) is 0 Å². The number of amides is 1. The molecule has 0 aromatic carbocycles. The van der Waals surface area contributed by atoms with Crippen LogP contribution in [-0.4, -0.2) is 41.0 Å². The molecule has 1 unspecified atom stereocenters. The van der Waals surface area contributed by atoms with Crippen LogP contribution in [-0.2, 0) is 9.59 Å². The highest BCUT2D eigenvalue weighted by Crippen LogP contribution is 2.32. The van der Waals surface area contributed by atoms with Crippen LogP contribution in [0.4, 0.5) is 30.7 Å². The lowest BCUT2D eigenvalue weighted by Gasteiger charge is -2.29. The zero-order valence-electron chi connectivity index (χ0n) is 8.49. The van der Waals surface area contributed by atoms with Crippen LogP contribution >= 0.6 is 0 Å². The van der Waals surface area contributed by atoms with Crippen molar-refractivity contribution >= 4 is 11.9 Å². The Labute approximate surface area is 94.8 Å². The molecule has 0 aliphatic rings. The van der Waals surface area contributed by atoms with Crippen molar-refractivity contribution in [3.63, 3.8) is 0 Å². The molecule has 0 radical (unpaired) electrons. The number of hydrogen-bond acceptors (Lipinski definition) is 2. The highest BCUT2D eigenvalue weighted by molar-refractivity contribution is 5.91. The summed E-state index contributed by atoms with van der Waals surface area (Å²) < 4.78 is 85.0. The molecule has 18 heavy (non-hydrogen) atoms. The van der Waals surface area contributed by atoms with Crippen molar-refractivity contribution < 1.29 is 45.4 Å². The van der Waals surface area contributed by atoms with Gasteiger partial charge in [-0.25, -0.2) is 13.6 Å². The summed E-state index contributed by atoms with van der Waals surface area (Å²) >= 11 is 0. The first-order chi connectivity index (χ1) is 7.76. The van der Waals surface area contributed by atoms with Crippen molar-refractivity contribution in [1.82, 2.24) is 5.32 Å². The second-order valence-electron chi connectivity index (χ2n) is 3.31. The third-order valence-corrected chi connectivity index (χ3v) is 1.94. The van der Waals surface area contributed by atoms with Gasteiger partial charge in [-0.1, -0.05) is 0 Å². The molecular formula is C7H6F7NO3. The number of rotatable bonds is 4. The average molecular weight is 285 g/mol. The maximum atomic E-state index is 12.4. The highest BCUT2D eigenvalue weighted by atomic mass is 19.4. The molecule has 0 spiro atoms. The van der Waals surface area contributed by atoms with Crippen LogP contribution in [0, 0.1) is 0 Å². The highest BCUT2D eigenvalue weighted by Gasteiger charge is 2.61. The topological polar surface area (TPSA) is 66.4 Å². The fraction of sp³-hybridized carbons (Fsp3) is 0.714. The summed E-state index contributed by atoms with van der Waals surface area (Å²) in [5.74, 6) is -11.2. The van der Waals surface area contributed by atoms with E-state index in [0.29, 0.717) is 5.32 Å². The number of carboxylic acids is 1. The molecular weight excluding hydrogens is 279 g/mol. The van der Waals surface area contributed by atoms with Gasteiger partial charge < -0.3 is 10.4 Å². The largest absolute Gasteiger partial charge is 0.479 e. The number of halogens is 7. The smallest absolute Gasteiger partial charge is 0.422 e. The van der Waals surface area contributed by atoms with Crippen LogP contribution in [0.3, 0.4) is 0 Å². The van der Waals surface area contributed by atoms with Gasteiger partial charge in [0.1, 0.15) is 0 Å². The molecule has 0 saturated heterocycles. The van der Waals surface area contributed by atoms with E-state index in [0.717, 1.165) is 0 Å². The summed E-state index contributed by atoms with van der Waals surface area (Å²) in [6.07, 6.45) is -10.2. The molecule has 11 heteroatoms. The normalized spacial score (nSPS) is 16.3. The van der Waals surface area contributed by atoms with Crippen LogP contribution in [0.15, 0.2) is 0 Å². The van der Waals surface area contributed by atoms with Crippen molar-refractivity contribution in [2.24, 2.45) is 0 Å². The van der Waals surface area contributed by atoms with Gasteiger partial charge in [0.2, 0.25) is 5.54 Å². The fourth-order valence-electron chi connectivity index (χ4n) is 0.655. The molecule has 0 aliphatic heterocycles. The number of nitrogens with one attached hydrogen (secondary N) is 1. The number of carbonyl (C=O) groups excluding carboxylic acids is 1. The first-order valence-electron chi connectivity index (χ1n) is 4.05. The molecule has 0 heterocycles. The summed E-state index contributed by atoms with van der Waals surface area (Å²) in [7, 11) is 0. The third-order valence-electron chi connectivity index (χ3n) is 1.94. The molecule has 1 amide bonds. The van der Waals surface area contributed by atoms with Crippen LogP contribution in [0.25, 0.3) is 0 Å². The third kappa shape index (κ3) is 2.82. The lowest BCUT2D eigenvalue weighted by atomic mass is 10.0. The van der Waals surface area contributed by atoms with Gasteiger partial charge in [-0.2, -0.15) is 22.0 Å². The molecule has 4 nitrogen and oxygen atoms in total. The Morgan fingerprint density at radius 3 is 1.72 bits per heavy atom. The minimum absolute atomic E-state index is 0.144. The zero-order valence-corrected chi connectivity index (χ0v) is 8.49. The van der Waals surface area contributed by atoms with E-state index in [1.807, 2.05) is 0 Å². The van der Waals surface area contributed by atoms with E-state index in [-0.39, 0.29) is 6.92 Å².